The average Bonchev–Trinajstić information content (AvgIpc) is 2.38. The Morgan fingerprint density at radius 1 is 1.36 bits per heavy atom. The monoisotopic (exact) mass is 330 g/mol. The second kappa shape index (κ2) is 7.18. The summed E-state index contributed by atoms with van der Waals surface area (Å²) in [6.07, 6.45) is 1.42. The van der Waals surface area contributed by atoms with Crippen LogP contribution in [0.5, 0.6) is 0 Å². The number of nitro groups is 1. The molecule has 1 aromatic rings. The molecule has 0 aliphatic carbocycles. The van der Waals surface area contributed by atoms with E-state index < -0.39 is 20.9 Å². The van der Waals surface area contributed by atoms with Crippen molar-refractivity contribution in [3.63, 3.8) is 0 Å². The van der Waals surface area contributed by atoms with Gasteiger partial charge in [0.15, 0.2) is 0 Å². The molecule has 0 saturated heterocycles. The fourth-order valence-electron chi connectivity index (χ4n) is 1.76. The number of aryl methyl sites for hydroxylation is 1. The molecule has 9 nitrogen and oxygen atoms in total. The van der Waals surface area contributed by atoms with Gasteiger partial charge in [-0.05, 0) is 25.0 Å². The summed E-state index contributed by atoms with van der Waals surface area (Å²) in [7, 11) is -3.26. The molecule has 0 aliphatic heterocycles. The molecule has 0 radical (unpaired) electrons. The van der Waals surface area contributed by atoms with E-state index in [2.05, 4.69) is 10.0 Å². The van der Waals surface area contributed by atoms with Gasteiger partial charge in [-0.2, -0.15) is 0 Å². The maximum atomic E-state index is 12.0. The topological polar surface area (TPSA) is 144 Å². The van der Waals surface area contributed by atoms with Crippen molar-refractivity contribution in [2.75, 3.05) is 25.1 Å². The molecule has 1 rings (SSSR count). The van der Waals surface area contributed by atoms with Crippen LogP contribution in [0.4, 0.5) is 11.4 Å². The number of nitrogen functional groups attached to an aromatic ring is 1. The maximum absolute atomic E-state index is 12.0. The number of nitrogens with one attached hydrogen (secondary N) is 2. The number of nitro benzene ring substituents is 1. The highest BCUT2D eigenvalue weighted by Crippen LogP contribution is 2.26. The van der Waals surface area contributed by atoms with Gasteiger partial charge in [0.25, 0.3) is 11.6 Å². The summed E-state index contributed by atoms with van der Waals surface area (Å²) in [4.78, 5) is 22.2. The second-order valence-electron chi connectivity index (χ2n) is 4.78. The van der Waals surface area contributed by atoms with Crippen molar-refractivity contribution in [1.82, 2.24) is 10.0 Å². The molecule has 1 amide bonds. The molecule has 122 valence electrons. The van der Waals surface area contributed by atoms with Gasteiger partial charge in [-0.25, -0.2) is 13.1 Å². The number of carbonyl (C=O) groups excluding carboxylic acids is 1. The molecule has 0 aliphatic rings. The standard InChI is InChI=1S/C12H18N4O5S/c1-8-6-9(11(13)10(7-8)16(18)19)12(17)14-4-3-5-15-22(2,20)21/h6-7,15H,3-5,13H2,1-2H3,(H,14,17). The zero-order valence-electron chi connectivity index (χ0n) is 12.3. The third-order valence-corrected chi connectivity index (χ3v) is 3.48. The Balaban J connectivity index is 2.68. The van der Waals surface area contributed by atoms with Crippen molar-refractivity contribution >= 4 is 27.3 Å². The van der Waals surface area contributed by atoms with Crippen molar-refractivity contribution < 1.29 is 18.1 Å². The Kier molecular flexibility index (Phi) is 5.83. The Morgan fingerprint density at radius 2 is 2.00 bits per heavy atom. The number of benzene rings is 1. The fourth-order valence-corrected chi connectivity index (χ4v) is 2.28. The molecule has 1 aromatic carbocycles. The van der Waals surface area contributed by atoms with Gasteiger partial charge in [-0.15, -0.1) is 0 Å². The average molecular weight is 330 g/mol. The number of hydrogen-bond donors (Lipinski definition) is 3. The van der Waals surface area contributed by atoms with E-state index in [1.807, 2.05) is 0 Å². The predicted molar refractivity (Wildman–Crippen MR) is 82.0 cm³/mol. The van der Waals surface area contributed by atoms with Gasteiger partial charge >= 0.3 is 0 Å². The Labute approximate surface area is 128 Å². The molecule has 0 atom stereocenters. The zero-order valence-corrected chi connectivity index (χ0v) is 13.1. The largest absolute Gasteiger partial charge is 0.393 e. The first kappa shape index (κ1) is 17.9. The van der Waals surface area contributed by atoms with Gasteiger partial charge in [-0.3, -0.25) is 14.9 Å². The lowest BCUT2D eigenvalue weighted by Crippen LogP contribution is -2.29. The number of sulfonamides is 1. The van der Waals surface area contributed by atoms with Gasteiger partial charge in [0.05, 0.1) is 16.7 Å². The highest BCUT2D eigenvalue weighted by molar-refractivity contribution is 7.88. The molecule has 0 unspecified atom stereocenters. The highest BCUT2D eigenvalue weighted by atomic mass is 32.2. The van der Waals surface area contributed by atoms with Crippen molar-refractivity contribution in [1.29, 1.82) is 0 Å². The Hall–Kier alpha value is -2.20. The number of hydrogen-bond acceptors (Lipinski definition) is 6. The van der Waals surface area contributed by atoms with Crippen LogP contribution in [0.2, 0.25) is 0 Å². The van der Waals surface area contributed by atoms with E-state index >= 15 is 0 Å². The van der Waals surface area contributed by atoms with Crippen molar-refractivity contribution in [3.8, 4) is 0 Å². The van der Waals surface area contributed by atoms with E-state index in [9.17, 15) is 23.3 Å². The smallest absolute Gasteiger partial charge is 0.293 e. The van der Waals surface area contributed by atoms with E-state index in [0.717, 1.165) is 6.26 Å². The van der Waals surface area contributed by atoms with Crippen LogP contribution < -0.4 is 15.8 Å². The van der Waals surface area contributed by atoms with Crippen LogP contribution in [-0.4, -0.2) is 38.6 Å². The van der Waals surface area contributed by atoms with Gasteiger partial charge in [0.1, 0.15) is 5.69 Å². The normalized spacial score (nSPS) is 11.2. The van der Waals surface area contributed by atoms with E-state index in [1.165, 1.54) is 12.1 Å². The first-order valence-corrected chi connectivity index (χ1v) is 8.28. The van der Waals surface area contributed by atoms with Crippen LogP contribution in [0.3, 0.4) is 0 Å². The van der Waals surface area contributed by atoms with Crippen LogP contribution in [-0.2, 0) is 10.0 Å². The number of rotatable bonds is 7. The van der Waals surface area contributed by atoms with E-state index in [0.29, 0.717) is 12.0 Å². The minimum atomic E-state index is -3.26. The summed E-state index contributed by atoms with van der Waals surface area (Å²) < 4.78 is 24.0. The lowest BCUT2D eigenvalue weighted by molar-refractivity contribution is -0.384. The van der Waals surface area contributed by atoms with E-state index in [4.69, 9.17) is 5.73 Å². The first-order chi connectivity index (χ1) is 10.1. The summed E-state index contributed by atoms with van der Waals surface area (Å²) >= 11 is 0. The second-order valence-corrected chi connectivity index (χ2v) is 6.61. The van der Waals surface area contributed by atoms with Crippen molar-refractivity contribution in [2.45, 2.75) is 13.3 Å². The van der Waals surface area contributed by atoms with Gasteiger partial charge in [-0.1, -0.05) is 0 Å². The number of anilines is 1. The van der Waals surface area contributed by atoms with Crippen LogP contribution in [0.15, 0.2) is 12.1 Å². The summed E-state index contributed by atoms with van der Waals surface area (Å²) in [6.45, 7) is 2.02. The lowest BCUT2D eigenvalue weighted by atomic mass is 10.1. The third-order valence-electron chi connectivity index (χ3n) is 2.75. The zero-order chi connectivity index (χ0) is 16.9. The minimum Gasteiger partial charge on any atom is -0.393 e. The van der Waals surface area contributed by atoms with E-state index in [1.54, 1.807) is 6.92 Å². The van der Waals surface area contributed by atoms with Crippen LogP contribution >= 0.6 is 0 Å². The molecule has 0 bridgehead atoms. The summed E-state index contributed by atoms with van der Waals surface area (Å²) in [5.41, 5.74) is 5.72. The highest BCUT2D eigenvalue weighted by Gasteiger charge is 2.20. The number of carbonyl (C=O) groups is 1. The van der Waals surface area contributed by atoms with E-state index in [-0.39, 0.29) is 30.0 Å². The summed E-state index contributed by atoms with van der Waals surface area (Å²) in [5.74, 6) is -0.538. The van der Waals surface area contributed by atoms with Gasteiger partial charge in [0, 0.05) is 19.2 Å². The Morgan fingerprint density at radius 3 is 2.55 bits per heavy atom. The minimum absolute atomic E-state index is 0.0303. The summed E-state index contributed by atoms with van der Waals surface area (Å²) in [6, 6.07) is 2.76. The number of amides is 1. The fraction of sp³-hybridized carbons (Fsp3) is 0.417. The van der Waals surface area contributed by atoms with Gasteiger partial charge < -0.3 is 11.1 Å². The molecule has 0 aromatic heterocycles. The van der Waals surface area contributed by atoms with Crippen LogP contribution in [0.1, 0.15) is 22.3 Å². The van der Waals surface area contributed by atoms with Crippen LogP contribution in [0, 0.1) is 17.0 Å². The SMILES string of the molecule is Cc1cc(C(=O)NCCCNS(C)(=O)=O)c(N)c([N+](=O)[O-])c1. The first-order valence-electron chi connectivity index (χ1n) is 6.39. The van der Waals surface area contributed by atoms with Gasteiger partial charge in [0.2, 0.25) is 10.0 Å². The molecular formula is C12H18N4O5S. The molecule has 0 heterocycles. The lowest BCUT2D eigenvalue weighted by Gasteiger charge is -2.09. The molecule has 0 saturated carbocycles. The molecule has 0 spiro atoms. The van der Waals surface area contributed by atoms with Crippen LogP contribution in [0.25, 0.3) is 0 Å². The van der Waals surface area contributed by atoms with Crippen molar-refractivity contribution in [3.05, 3.63) is 33.4 Å². The summed E-state index contributed by atoms with van der Waals surface area (Å²) in [5, 5.41) is 13.4. The third kappa shape index (κ3) is 5.30. The maximum Gasteiger partial charge on any atom is 0.293 e. The number of nitrogens with two attached hydrogens (primary N) is 1. The predicted octanol–water partition coefficient (Wildman–Crippen LogP) is 0.155. The quantitative estimate of drug-likeness (QED) is 0.281. The Bertz CT molecular complexity index is 687. The molecule has 0 fully saturated rings. The van der Waals surface area contributed by atoms with Crippen molar-refractivity contribution in [2.24, 2.45) is 0 Å². The molecule has 4 N–H and O–H groups in total. The molecule has 10 heteroatoms. The molecule has 22 heavy (non-hydrogen) atoms. The molecular weight excluding hydrogens is 312 g/mol. The number of nitrogens with zero attached hydrogens (tertiary/aromatic N) is 1.